The summed E-state index contributed by atoms with van der Waals surface area (Å²) in [5.41, 5.74) is 0.0572. The largest absolute Gasteiger partial charge is 0.393 e. The van der Waals surface area contributed by atoms with Crippen LogP contribution in [0.4, 0.5) is 19.0 Å². The summed E-state index contributed by atoms with van der Waals surface area (Å²) < 4.78 is 38.1. The number of hydrogen-bond acceptors (Lipinski definition) is 6. The van der Waals surface area contributed by atoms with Crippen LogP contribution in [0.1, 0.15) is 17.7 Å². The maximum absolute atomic E-state index is 12.7. The number of alkyl halides is 3. The number of nitrogens with one attached hydrogen (secondary N) is 2. The van der Waals surface area contributed by atoms with E-state index >= 15 is 0 Å². The van der Waals surface area contributed by atoms with E-state index in [1.807, 2.05) is 0 Å². The van der Waals surface area contributed by atoms with Gasteiger partial charge in [-0.3, -0.25) is 10.6 Å². The van der Waals surface area contributed by atoms with Crippen LogP contribution in [-0.4, -0.2) is 47.5 Å². The third-order valence-corrected chi connectivity index (χ3v) is 6.73. The van der Waals surface area contributed by atoms with Gasteiger partial charge in [0, 0.05) is 29.9 Å². The summed E-state index contributed by atoms with van der Waals surface area (Å²) in [6, 6.07) is 2.15. The predicted molar refractivity (Wildman–Crippen MR) is 89.8 cm³/mol. The van der Waals surface area contributed by atoms with Gasteiger partial charge in [0.25, 0.3) is 0 Å². The number of halogens is 3. The lowest BCUT2D eigenvalue weighted by molar-refractivity contribution is -0.126. The van der Waals surface area contributed by atoms with Crippen molar-refractivity contribution in [3.8, 4) is 0 Å². The lowest BCUT2D eigenvalue weighted by atomic mass is 9.68. The van der Waals surface area contributed by atoms with E-state index in [0.717, 1.165) is 55.0 Å². The van der Waals surface area contributed by atoms with E-state index in [0.29, 0.717) is 21.7 Å². The molecule has 1 spiro atoms. The molecule has 3 saturated heterocycles. The fourth-order valence-corrected chi connectivity index (χ4v) is 5.60. The number of thiophene rings is 1. The molecule has 2 N–H and O–H groups in total. The Morgan fingerprint density at radius 3 is 3.04 bits per heavy atom. The van der Waals surface area contributed by atoms with Gasteiger partial charge in [-0.25, -0.2) is 9.97 Å². The second kappa shape index (κ2) is 5.28. The predicted octanol–water partition coefficient (Wildman–Crippen LogP) is 2.28. The molecule has 3 aliphatic heterocycles. The summed E-state index contributed by atoms with van der Waals surface area (Å²) in [6.07, 6.45) is -1.55. The van der Waals surface area contributed by atoms with Crippen LogP contribution < -0.4 is 15.5 Å². The highest BCUT2D eigenvalue weighted by atomic mass is 32.1. The Kier molecular flexibility index (Phi) is 3.33. The normalized spacial score (nSPS) is 31.7. The molecule has 2 bridgehead atoms. The highest BCUT2D eigenvalue weighted by Crippen LogP contribution is 2.43. The summed E-state index contributed by atoms with van der Waals surface area (Å²) >= 11 is 1.11. The van der Waals surface area contributed by atoms with Crippen molar-refractivity contribution in [3.63, 3.8) is 0 Å². The van der Waals surface area contributed by atoms with Gasteiger partial charge in [-0.15, -0.1) is 11.3 Å². The summed E-state index contributed by atoms with van der Waals surface area (Å²) in [7, 11) is 0. The van der Waals surface area contributed by atoms with Crippen LogP contribution in [-0.2, 0) is 6.42 Å². The highest BCUT2D eigenvalue weighted by Gasteiger charge is 2.57. The van der Waals surface area contributed by atoms with Crippen molar-refractivity contribution in [2.24, 2.45) is 5.92 Å². The number of hydrogen-bond donors (Lipinski definition) is 2. The van der Waals surface area contributed by atoms with Crippen LogP contribution in [0.15, 0.2) is 12.4 Å². The van der Waals surface area contributed by atoms with Crippen LogP contribution in [0, 0.1) is 5.92 Å². The van der Waals surface area contributed by atoms with Crippen molar-refractivity contribution >= 4 is 27.4 Å². The SMILES string of the molecule is FC(F)(F)Cc1cc2c(N3CC[C@@]45NCC[C@@H](N4)[C@@H]5C3)ncnc2s1. The van der Waals surface area contributed by atoms with Crippen molar-refractivity contribution in [1.29, 1.82) is 0 Å². The standard InChI is InChI=1S/C16H18F3N5S/c17-16(18,19)6-9-5-10-13(20-8-21-14(10)25-9)24-4-2-15-11(7-24)12(23-15)1-3-22-15/h5,8,11-12,22-23H,1-4,6-7H2/t11-,12+,15+/m0/s1. The van der Waals surface area contributed by atoms with E-state index in [9.17, 15) is 13.2 Å². The molecular weight excluding hydrogens is 351 g/mol. The van der Waals surface area contributed by atoms with Crippen molar-refractivity contribution in [3.05, 3.63) is 17.3 Å². The number of nitrogens with zero attached hydrogens (tertiary/aromatic N) is 3. The molecule has 25 heavy (non-hydrogen) atoms. The van der Waals surface area contributed by atoms with E-state index in [-0.39, 0.29) is 5.66 Å². The first-order chi connectivity index (χ1) is 11.9. The molecule has 5 heterocycles. The maximum atomic E-state index is 12.7. The van der Waals surface area contributed by atoms with Gasteiger partial charge < -0.3 is 4.90 Å². The molecule has 3 aliphatic rings. The van der Waals surface area contributed by atoms with Gasteiger partial charge in [-0.1, -0.05) is 0 Å². The van der Waals surface area contributed by atoms with Gasteiger partial charge in [0.1, 0.15) is 17.0 Å². The first-order valence-corrected chi connectivity index (χ1v) is 9.33. The quantitative estimate of drug-likeness (QED) is 0.851. The molecule has 0 aromatic carbocycles. The summed E-state index contributed by atoms with van der Waals surface area (Å²) in [5, 5.41) is 7.99. The van der Waals surface area contributed by atoms with Crippen LogP contribution in [0.2, 0.25) is 0 Å². The lowest BCUT2D eigenvalue weighted by Crippen LogP contribution is -2.85. The van der Waals surface area contributed by atoms with Crippen LogP contribution in [0.25, 0.3) is 10.2 Å². The van der Waals surface area contributed by atoms with Crippen LogP contribution >= 0.6 is 11.3 Å². The van der Waals surface area contributed by atoms with Gasteiger partial charge in [-0.2, -0.15) is 13.2 Å². The van der Waals surface area contributed by atoms with E-state index in [1.165, 1.54) is 6.33 Å². The Balaban J connectivity index is 1.45. The van der Waals surface area contributed by atoms with Crippen molar-refractivity contribution in [2.75, 3.05) is 24.5 Å². The van der Waals surface area contributed by atoms with Crippen LogP contribution in [0.5, 0.6) is 0 Å². The molecule has 2 aromatic rings. The molecule has 0 unspecified atom stereocenters. The average Bonchev–Trinajstić information content (AvgIpc) is 2.95. The number of fused-ring (bicyclic) bond motifs is 3. The Morgan fingerprint density at radius 2 is 2.24 bits per heavy atom. The Bertz CT molecular complexity index is 818. The monoisotopic (exact) mass is 369 g/mol. The summed E-state index contributed by atoms with van der Waals surface area (Å²) in [4.78, 5) is 11.7. The molecule has 3 atom stereocenters. The van der Waals surface area contributed by atoms with Crippen LogP contribution in [0.3, 0.4) is 0 Å². The second-order valence-electron chi connectivity index (χ2n) is 7.16. The van der Waals surface area contributed by atoms with Crippen molar-refractivity contribution < 1.29 is 13.2 Å². The minimum Gasteiger partial charge on any atom is -0.355 e. The topological polar surface area (TPSA) is 53.1 Å². The molecule has 0 radical (unpaired) electrons. The van der Waals surface area contributed by atoms with Gasteiger partial charge in [0.2, 0.25) is 0 Å². The molecule has 3 fully saturated rings. The first-order valence-electron chi connectivity index (χ1n) is 8.51. The molecule has 0 aliphatic carbocycles. The molecule has 0 amide bonds. The van der Waals surface area contributed by atoms with Gasteiger partial charge in [0.15, 0.2) is 0 Å². The van der Waals surface area contributed by atoms with Gasteiger partial charge in [-0.05, 0) is 25.5 Å². The van der Waals surface area contributed by atoms with E-state index in [2.05, 4.69) is 25.5 Å². The number of anilines is 1. The van der Waals surface area contributed by atoms with Crippen molar-refractivity contribution in [1.82, 2.24) is 20.6 Å². The molecular formula is C16H18F3N5S. The molecule has 134 valence electrons. The number of rotatable bonds is 2. The first kappa shape index (κ1) is 15.8. The molecule has 0 saturated carbocycles. The van der Waals surface area contributed by atoms with Crippen molar-refractivity contribution in [2.45, 2.75) is 37.1 Å². The molecule has 5 rings (SSSR count). The molecule has 2 aromatic heterocycles. The Labute approximate surface area is 146 Å². The Morgan fingerprint density at radius 1 is 1.36 bits per heavy atom. The van der Waals surface area contributed by atoms with Gasteiger partial charge in [0.05, 0.1) is 17.5 Å². The average molecular weight is 369 g/mol. The zero-order valence-electron chi connectivity index (χ0n) is 13.4. The number of piperidine rings is 2. The van der Waals surface area contributed by atoms with E-state index in [1.54, 1.807) is 6.07 Å². The number of aromatic nitrogens is 2. The van der Waals surface area contributed by atoms with E-state index in [4.69, 9.17) is 0 Å². The highest BCUT2D eigenvalue weighted by molar-refractivity contribution is 7.18. The minimum absolute atomic E-state index is 0.0572. The third-order valence-electron chi connectivity index (χ3n) is 5.68. The molecule has 9 heteroatoms. The van der Waals surface area contributed by atoms with E-state index < -0.39 is 12.6 Å². The third kappa shape index (κ3) is 2.51. The smallest absolute Gasteiger partial charge is 0.355 e. The minimum atomic E-state index is -4.20. The second-order valence-corrected chi connectivity index (χ2v) is 8.28. The van der Waals surface area contributed by atoms with Gasteiger partial charge >= 0.3 is 6.18 Å². The Hall–Kier alpha value is -1.45. The summed E-state index contributed by atoms with van der Waals surface area (Å²) in [5.74, 6) is 1.29. The zero-order chi connectivity index (χ0) is 17.2. The lowest BCUT2D eigenvalue weighted by Gasteiger charge is -2.64. The maximum Gasteiger partial charge on any atom is 0.393 e. The summed E-state index contributed by atoms with van der Waals surface area (Å²) in [6.45, 7) is 2.76. The molecule has 5 nitrogen and oxygen atoms in total. The fraction of sp³-hybridized carbons (Fsp3) is 0.625. The fourth-order valence-electron chi connectivity index (χ4n) is 4.58. The zero-order valence-corrected chi connectivity index (χ0v) is 14.3.